The van der Waals surface area contributed by atoms with Crippen molar-refractivity contribution in [3.8, 4) is 11.1 Å². The number of hydrogen-bond donors (Lipinski definition) is 1. The fourth-order valence-corrected chi connectivity index (χ4v) is 5.13. The van der Waals surface area contributed by atoms with Gasteiger partial charge in [0.2, 0.25) is 0 Å². The van der Waals surface area contributed by atoms with E-state index in [2.05, 4.69) is 24.3 Å². The highest BCUT2D eigenvalue weighted by Gasteiger charge is 2.44. The Bertz CT molecular complexity index is 1160. The molecule has 5 nitrogen and oxygen atoms in total. The number of ether oxygens (including phenoxy) is 1. The molecule has 33 heavy (non-hydrogen) atoms. The van der Waals surface area contributed by atoms with Crippen LogP contribution in [0.4, 0.5) is 4.79 Å². The van der Waals surface area contributed by atoms with E-state index in [1.54, 1.807) is 0 Å². The summed E-state index contributed by atoms with van der Waals surface area (Å²) in [6, 6.07) is 20.9. The number of aryl methyl sites for hydroxylation is 2. The Morgan fingerprint density at radius 2 is 1.45 bits per heavy atom. The molecular weight excluding hydrogens is 414 g/mol. The molecule has 168 valence electrons. The third kappa shape index (κ3) is 3.78. The molecule has 0 aliphatic heterocycles. The highest BCUT2D eigenvalue weighted by Crippen LogP contribution is 2.45. The van der Waals surface area contributed by atoms with Crippen molar-refractivity contribution in [2.45, 2.75) is 44.7 Å². The molecule has 1 fully saturated rings. The van der Waals surface area contributed by atoms with E-state index in [4.69, 9.17) is 4.74 Å². The summed E-state index contributed by atoms with van der Waals surface area (Å²) in [6.07, 6.45) is 1.02. The second kappa shape index (κ2) is 8.39. The molecule has 0 spiro atoms. The highest BCUT2D eigenvalue weighted by molar-refractivity contribution is 5.83. The second-order valence-corrected chi connectivity index (χ2v) is 8.99. The Morgan fingerprint density at radius 3 is 1.97 bits per heavy atom. The first-order valence-corrected chi connectivity index (χ1v) is 11.4. The van der Waals surface area contributed by atoms with E-state index in [-0.39, 0.29) is 18.6 Å². The molecule has 2 aliphatic rings. The standard InChI is InChI=1S/C28H27NO4/c1-17-8-7-9-18(2)25(17)26(27(30)31)29(19-14-15-19)28(32)33-16-24-22-12-5-3-10-20(22)21-11-4-6-13-23(21)24/h3-13,19,24,26H,14-16H2,1-2H3,(H,30,31). The molecule has 3 aromatic rings. The summed E-state index contributed by atoms with van der Waals surface area (Å²) in [4.78, 5) is 27.3. The zero-order valence-corrected chi connectivity index (χ0v) is 18.8. The van der Waals surface area contributed by atoms with Gasteiger partial charge in [-0.25, -0.2) is 9.59 Å². The number of nitrogens with zero attached hydrogens (tertiary/aromatic N) is 1. The topological polar surface area (TPSA) is 66.8 Å². The van der Waals surface area contributed by atoms with Gasteiger partial charge in [0, 0.05) is 12.0 Å². The van der Waals surface area contributed by atoms with E-state index in [1.807, 2.05) is 56.3 Å². The Kier molecular flexibility index (Phi) is 5.41. The number of aliphatic carboxylic acids is 1. The van der Waals surface area contributed by atoms with E-state index in [0.29, 0.717) is 5.56 Å². The molecule has 5 heteroatoms. The van der Waals surface area contributed by atoms with Gasteiger partial charge in [-0.05, 0) is 65.6 Å². The third-order valence-electron chi connectivity index (χ3n) is 6.81. The molecule has 0 aromatic heterocycles. The molecule has 0 radical (unpaired) electrons. The third-order valence-corrected chi connectivity index (χ3v) is 6.81. The van der Waals surface area contributed by atoms with Gasteiger partial charge in [-0.2, -0.15) is 0 Å². The van der Waals surface area contributed by atoms with Crippen molar-refractivity contribution in [2.75, 3.05) is 6.61 Å². The Balaban J connectivity index is 1.43. The minimum absolute atomic E-state index is 0.0640. The maximum Gasteiger partial charge on any atom is 0.411 e. The van der Waals surface area contributed by atoms with E-state index in [0.717, 1.165) is 46.2 Å². The Hall–Kier alpha value is -3.60. The van der Waals surface area contributed by atoms with Crippen molar-refractivity contribution in [3.05, 3.63) is 94.5 Å². The molecule has 1 N–H and O–H groups in total. The summed E-state index contributed by atoms with van der Waals surface area (Å²) >= 11 is 0. The monoisotopic (exact) mass is 441 g/mol. The summed E-state index contributed by atoms with van der Waals surface area (Å²) in [7, 11) is 0. The van der Waals surface area contributed by atoms with Crippen LogP contribution < -0.4 is 0 Å². The number of fused-ring (bicyclic) bond motifs is 3. The molecule has 5 rings (SSSR count). The van der Waals surface area contributed by atoms with Crippen LogP contribution in [0.2, 0.25) is 0 Å². The van der Waals surface area contributed by atoms with Crippen molar-refractivity contribution in [2.24, 2.45) is 0 Å². The number of benzene rings is 3. The summed E-state index contributed by atoms with van der Waals surface area (Å²) in [6.45, 7) is 3.96. The molecule has 1 amide bonds. The SMILES string of the molecule is Cc1cccc(C)c1C(C(=O)O)N(C(=O)OCC1c2ccccc2-c2ccccc21)C1CC1. The van der Waals surface area contributed by atoms with Gasteiger partial charge >= 0.3 is 12.1 Å². The quantitative estimate of drug-likeness (QED) is 0.522. The van der Waals surface area contributed by atoms with Gasteiger partial charge in [-0.1, -0.05) is 66.7 Å². The van der Waals surface area contributed by atoms with E-state index >= 15 is 0 Å². The van der Waals surface area contributed by atoms with Gasteiger partial charge in [0.25, 0.3) is 0 Å². The first-order valence-electron chi connectivity index (χ1n) is 11.4. The first-order chi connectivity index (χ1) is 16.0. The number of carboxylic acids is 1. The van der Waals surface area contributed by atoms with Crippen LogP contribution >= 0.6 is 0 Å². The zero-order valence-electron chi connectivity index (χ0n) is 18.8. The predicted molar refractivity (Wildman–Crippen MR) is 126 cm³/mol. The maximum atomic E-state index is 13.4. The van der Waals surface area contributed by atoms with Crippen LogP contribution in [0.1, 0.15) is 52.6 Å². The Labute approximate surface area is 193 Å². The molecule has 1 unspecified atom stereocenters. The molecule has 0 bridgehead atoms. The first kappa shape index (κ1) is 21.3. The number of amides is 1. The highest BCUT2D eigenvalue weighted by atomic mass is 16.6. The summed E-state index contributed by atoms with van der Waals surface area (Å²) in [5.74, 6) is -1.10. The fraction of sp³-hybridized carbons (Fsp3) is 0.286. The lowest BCUT2D eigenvalue weighted by Gasteiger charge is -2.31. The van der Waals surface area contributed by atoms with Crippen LogP contribution in [0.5, 0.6) is 0 Å². The van der Waals surface area contributed by atoms with Crippen molar-refractivity contribution >= 4 is 12.1 Å². The van der Waals surface area contributed by atoms with Crippen molar-refractivity contribution < 1.29 is 19.4 Å². The lowest BCUT2D eigenvalue weighted by molar-refractivity contribution is -0.143. The number of carbonyl (C=O) groups excluding carboxylic acids is 1. The lowest BCUT2D eigenvalue weighted by atomic mass is 9.95. The largest absolute Gasteiger partial charge is 0.479 e. The zero-order chi connectivity index (χ0) is 23.1. The van der Waals surface area contributed by atoms with Gasteiger partial charge in [0.15, 0.2) is 6.04 Å². The summed E-state index contributed by atoms with van der Waals surface area (Å²) < 4.78 is 5.86. The van der Waals surface area contributed by atoms with Crippen LogP contribution in [0.3, 0.4) is 0 Å². The van der Waals surface area contributed by atoms with E-state index in [9.17, 15) is 14.7 Å². The minimum Gasteiger partial charge on any atom is -0.479 e. The van der Waals surface area contributed by atoms with Crippen molar-refractivity contribution in [1.29, 1.82) is 0 Å². The van der Waals surface area contributed by atoms with Gasteiger partial charge in [0.1, 0.15) is 6.61 Å². The van der Waals surface area contributed by atoms with Crippen molar-refractivity contribution in [3.63, 3.8) is 0 Å². The smallest absolute Gasteiger partial charge is 0.411 e. The van der Waals surface area contributed by atoms with Gasteiger partial charge in [-0.3, -0.25) is 4.90 Å². The molecule has 1 atom stereocenters. The predicted octanol–water partition coefficient (Wildman–Crippen LogP) is 5.84. The normalized spacial score (nSPS) is 15.5. The lowest BCUT2D eigenvalue weighted by Crippen LogP contribution is -2.42. The molecule has 0 heterocycles. The Morgan fingerprint density at radius 1 is 0.909 bits per heavy atom. The number of carboxylic acid groups (broad SMARTS) is 1. The average molecular weight is 442 g/mol. The summed E-state index contributed by atoms with van der Waals surface area (Å²) in [5.41, 5.74) is 6.98. The van der Waals surface area contributed by atoms with Crippen LogP contribution in [0, 0.1) is 13.8 Å². The van der Waals surface area contributed by atoms with E-state index in [1.165, 1.54) is 4.90 Å². The summed E-state index contributed by atoms with van der Waals surface area (Å²) in [5, 5.41) is 10.2. The number of hydrogen-bond acceptors (Lipinski definition) is 3. The second-order valence-electron chi connectivity index (χ2n) is 8.99. The molecule has 3 aromatic carbocycles. The van der Waals surface area contributed by atoms with Crippen LogP contribution in [0.15, 0.2) is 66.7 Å². The molecular formula is C28H27NO4. The number of carbonyl (C=O) groups is 2. The van der Waals surface area contributed by atoms with Gasteiger partial charge in [0.05, 0.1) is 0 Å². The maximum absolute atomic E-state index is 13.4. The van der Waals surface area contributed by atoms with Crippen LogP contribution in [-0.4, -0.2) is 34.7 Å². The van der Waals surface area contributed by atoms with Crippen LogP contribution in [-0.2, 0) is 9.53 Å². The van der Waals surface area contributed by atoms with Gasteiger partial charge in [-0.15, -0.1) is 0 Å². The molecule has 2 aliphatic carbocycles. The minimum atomic E-state index is -1.06. The average Bonchev–Trinajstić information content (AvgIpc) is 3.59. The van der Waals surface area contributed by atoms with Crippen molar-refractivity contribution in [1.82, 2.24) is 4.90 Å². The van der Waals surface area contributed by atoms with E-state index < -0.39 is 18.1 Å². The number of rotatable bonds is 6. The fourth-order valence-electron chi connectivity index (χ4n) is 5.13. The van der Waals surface area contributed by atoms with Gasteiger partial charge < -0.3 is 9.84 Å². The van der Waals surface area contributed by atoms with Crippen LogP contribution in [0.25, 0.3) is 11.1 Å². The molecule has 1 saturated carbocycles. The molecule has 0 saturated heterocycles.